The number of aliphatic hydroxyl groups is 1. The van der Waals surface area contributed by atoms with Crippen LogP contribution in [0.25, 0.3) is 0 Å². The van der Waals surface area contributed by atoms with Gasteiger partial charge in [0.15, 0.2) is 0 Å². The minimum Gasteiger partial charge on any atom is -0.389 e. The van der Waals surface area contributed by atoms with Crippen molar-refractivity contribution in [2.75, 3.05) is 6.54 Å². The monoisotopic (exact) mass is 259 g/mol. The van der Waals surface area contributed by atoms with Crippen LogP contribution in [0.1, 0.15) is 43.2 Å². The van der Waals surface area contributed by atoms with Crippen LogP contribution in [-0.4, -0.2) is 17.3 Å². The van der Waals surface area contributed by atoms with Gasteiger partial charge in [0.2, 0.25) is 0 Å². The summed E-state index contributed by atoms with van der Waals surface area (Å²) < 4.78 is 0. The van der Waals surface area contributed by atoms with E-state index in [1.807, 2.05) is 0 Å². The number of rotatable bonds is 3. The van der Waals surface area contributed by atoms with E-state index in [1.165, 1.54) is 16.7 Å². The summed E-state index contributed by atoms with van der Waals surface area (Å²) in [6.07, 6.45) is 2.50. The summed E-state index contributed by atoms with van der Waals surface area (Å²) in [5.74, 6) is 0.787. The predicted octanol–water partition coefficient (Wildman–Crippen LogP) is 3.14. The van der Waals surface area contributed by atoms with Crippen molar-refractivity contribution in [1.29, 1.82) is 0 Å². The Morgan fingerprint density at radius 3 is 2.58 bits per heavy atom. The molecule has 1 unspecified atom stereocenters. The molecule has 1 aromatic carbocycles. The Bertz CT molecular complexity index is 451. The standard InChI is InChI=1S/C17H25NO/c1-12(2)15-8-9-17(19,11-18)10-16(15)14-6-4-13(3)5-7-14/h4-7,15-16,19H,1,8-11,18H2,2-3H3/t15-,16-,17?/m0/s1. The zero-order valence-corrected chi connectivity index (χ0v) is 12.0. The van der Waals surface area contributed by atoms with E-state index in [0.717, 1.165) is 19.3 Å². The second-order valence-corrected chi connectivity index (χ2v) is 6.14. The molecule has 0 radical (unpaired) electrons. The maximum absolute atomic E-state index is 10.5. The molecule has 0 heterocycles. The Hall–Kier alpha value is -1.12. The van der Waals surface area contributed by atoms with Gasteiger partial charge in [-0.05, 0) is 50.5 Å². The molecular formula is C17H25NO. The third-order valence-electron chi connectivity index (χ3n) is 4.52. The van der Waals surface area contributed by atoms with Gasteiger partial charge in [0.1, 0.15) is 0 Å². The molecule has 0 spiro atoms. The molecule has 1 aliphatic rings. The number of hydrogen-bond donors (Lipinski definition) is 2. The molecule has 0 saturated heterocycles. The summed E-state index contributed by atoms with van der Waals surface area (Å²) in [7, 11) is 0. The average molecular weight is 259 g/mol. The molecule has 19 heavy (non-hydrogen) atoms. The predicted molar refractivity (Wildman–Crippen MR) is 80.1 cm³/mol. The van der Waals surface area contributed by atoms with Crippen LogP contribution in [0.3, 0.4) is 0 Å². The Kier molecular flexibility index (Phi) is 4.12. The molecular weight excluding hydrogens is 234 g/mol. The van der Waals surface area contributed by atoms with Gasteiger partial charge in [0.25, 0.3) is 0 Å². The first-order valence-corrected chi connectivity index (χ1v) is 7.09. The lowest BCUT2D eigenvalue weighted by Crippen LogP contribution is -2.44. The molecule has 104 valence electrons. The van der Waals surface area contributed by atoms with E-state index in [0.29, 0.717) is 18.4 Å². The quantitative estimate of drug-likeness (QED) is 0.819. The van der Waals surface area contributed by atoms with Crippen LogP contribution in [0, 0.1) is 12.8 Å². The fourth-order valence-corrected chi connectivity index (χ4v) is 3.22. The molecule has 0 aliphatic heterocycles. The van der Waals surface area contributed by atoms with E-state index in [2.05, 4.69) is 44.7 Å². The molecule has 2 heteroatoms. The summed E-state index contributed by atoms with van der Waals surface area (Å²) in [6.45, 7) is 8.67. The molecule has 3 atom stereocenters. The topological polar surface area (TPSA) is 46.2 Å². The van der Waals surface area contributed by atoms with Crippen molar-refractivity contribution in [1.82, 2.24) is 0 Å². The lowest BCUT2D eigenvalue weighted by atomic mass is 9.67. The first kappa shape index (κ1) is 14.3. The Morgan fingerprint density at radius 2 is 2.05 bits per heavy atom. The molecule has 2 rings (SSSR count). The van der Waals surface area contributed by atoms with Crippen LogP contribution >= 0.6 is 0 Å². The first-order valence-electron chi connectivity index (χ1n) is 7.09. The lowest BCUT2D eigenvalue weighted by Gasteiger charge is -2.41. The highest BCUT2D eigenvalue weighted by Crippen LogP contribution is 2.44. The van der Waals surface area contributed by atoms with Crippen molar-refractivity contribution in [3.63, 3.8) is 0 Å². The zero-order valence-electron chi connectivity index (χ0n) is 12.0. The summed E-state index contributed by atoms with van der Waals surface area (Å²) in [4.78, 5) is 0. The van der Waals surface area contributed by atoms with Gasteiger partial charge in [-0.15, -0.1) is 0 Å². The van der Waals surface area contributed by atoms with Gasteiger partial charge in [0, 0.05) is 6.54 Å². The van der Waals surface area contributed by atoms with Crippen molar-refractivity contribution in [3.8, 4) is 0 Å². The van der Waals surface area contributed by atoms with Gasteiger partial charge >= 0.3 is 0 Å². The third kappa shape index (κ3) is 3.07. The second-order valence-electron chi connectivity index (χ2n) is 6.14. The number of nitrogens with two attached hydrogens (primary N) is 1. The number of allylic oxidation sites excluding steroid dienone is 1. The van der Waals surface area contributed by atoms with Crippen LogP contribution < -0.4 is 5.73 Å². The lowest BCUT2D eigenvalue weighted by molar-refractivity contribution is -0.00607. The normalized spacial score (nSPS) is 31.2. The van der Waals surface area contributed by atoms with Crippen LogP contribution in [0.2, 0.25) is 0 Å². The van der Waals surface area contributed by atoms with E-state index in [9.17, 15) is 5.11 Å². The highest BCUT2D eigenvalue weighted by atomic mass is 16.3. The number of hydrogen-bond acceptors (Lipinski definition) is 2. The Morgan fingerprint density at radius 1 is 1.42 bits per heavy atom. The van der Waals surface area contributed by atoms with E-state index in [-0.39, 0.29) is 0 Å². The average Bonchev–Trinajstić information content (AvgIpc) is 2.39. The summed E-state index contributed by atoms with van der Waals surface area (Å²) in [5.41, 5.74) is 8.82. The van der Waals surface area contributed by atoms with Gasteiger partial charge < -0.3 is 10.8 Å². The molecule has 1 saturated carbocycles. The van der Waals surface area contributed by atoms with E-state index in [1.54, 1.807) is 0 Å². The highest BCUT2D eigenvalue weighted by Gasteiger charge is 2.39. The molecule has 0 aromatic heterocycles. The van der Waals surface area contributed by atoms with Gasteiger partial charge in [-0.25, -0.2) is 0 Å². The number of aryl methyl sites for hydroxylation is 1. The molecule has 1 aliphatic carbocycles. The zero-order chi connectivity index (χ0) is 14.0. The summed E-state index contributed by atoms with van der Waals surface area (Å²) in [6, 6.07) is 8.64. The van der Waals surface area contributed by atoms with Gasteiger partial charge in [-0.1, -0.05) is 42.0 Å². The minimum absolute atomic E-state index is 0.334. The molecule has 3 N–H and O–H groups in total. The van der Waals surface area contributed by atoms with E-state index >= 15 is 0 Å². The largest absolute Gasteiger partial charge is 0.389 e. The van der Waals surface area contributed by atoms with Crippen LogP contribution in [0.15, 0.2) is 36.4 Å². The van der Waals surface area contributed by atoms with Crippen molar-refractivity contribution in [2.24, 2.45) is 11.7 Å². The maximum Gasteiger partial charge on any atom is 0.0775 e. The van der Waals surface area contributed by atoms with Crippen LogP contribution in [0.5, 0.6) is 0 Å². The van der Waals surface area contributed by atoms with Crippen LogP contribution in [-0.2, 0) is 0 Å². The molecule has 0 amide bonds. The fourth-order valence-electron chi connectivity index (χ4n) is 3.22. The molecule has 1 fully saturated rings. The summed E-state index contributed by atoms with van der Waals surface area (Å²) >= 11 is 0. The first-order chi connectivity index (χ1) is 8.95. The van der Waals surface area contributed by atoms with Crippen LogP contribution in [0.4, 0.5) is 0 Å². The number of benzene rings is 1. The van der Waals surface area contributed by atoms with E-state index in [4.69, 9.17) is 5.73 Å². The third-order valence-corrected chi connectivity index (χ3v) is 4.52. The van der Waals surface area contributed by atoms with Crippen molar-refractivity contribution in [2.45, 2.75) is 44.6 Å². The van der Waals surface area contributed by atoms with Crippen molar-refractivity contribution >= 4 is 0 Å². The minimum atomic E-state index is -0.707. The van der Waals surface area contributed by atoms with Gasteiger partial charge in [0.05, 0.1) is 5.60 Å². The molecule has 1 aromatic rings. The highest BCUT2D eigenvalue weighted by molar-refractivity contribution is 5.28. The summed E-state index contributed by atoms with van der Waals surface area (Å²) in [5, 5.41) is 10.5. The van der Waals surface area contributed by atoms with Crippen molar-refractivity contribution in [3.05, 3.63) is 47.5 Å². The molecule has 0 bridgehead atoms. The SMILES string of the molecule is C=C(C)[C@@H]1CCC(O)(CN)C[C@H]1c1ccc(C)cc1. The second kappa shape index (κ2) is 5.48. The van der Waals surface area contributed by atoms with Gasteiger partial charge in [-0.2, -0.15) is 0 Å². The Balaban J connectivity index is 2.30. The van der Waals surface area contributed by atoms with Crippen molar-refractivity contribution < 1.29 is 5.11 Å². The van der Waals surface area contributed by atoms with Gasteiger partial charge in [-0.3, -0.25) is 0 Å². The Labute approximate surface area is 116 Å². The maximum atomic E-state index is 10.5. The smallest absolute Gasteiger partial charge is 0.0775 e. The van der Waals surface area contributed by atoms with E-state index < -0.39 is 5.60 Å². The molecule has 2 nitrogen and oxygen atoms in total. The fraction of sp³-hybridized carbons (Fsp3) is 0.529.